The van der Waals surface area contributed by atoms with Crippen LogP contribution in [0.3, 0.4) is 0 Å². The van der Waals surface area contributed by atoms with Crippen molar-refractivity contribution in [3.63, 3.8) is 0 Å². The second-order valence-corrected chi connectivity index (χ2v) is 6.03. The molecule has 1 aromatic rings. The zero-order valence-electron chi connectivity index (χ0n) is 12.3. The summed E-state index contributed by atoms with van der Waals surface area (Å²) in [6.45, 7) is 7.58. The molecule has 3 heteroatoms. The second-order valence-electron chi connectivity index (χ2n) is 6.03. The Bertz CT molecular complexity index is 350. The molecule has 0 radical (unpaired) electrons. The van der Waals surface area contributed by atoms with E-state index in [9.17, 15) is 0 Å². The first-order valence-electron chi connectivity index (χ1n) is 7.69. The molecular weight excluding hydrogens is 236 g/mol. The molecule has 0 aromatic carbocycles. The quantitative estimate of drug-likeness (QED) is 0.857. The van der Waals surface area contributed by atoms with E-state index in [1.165, 1.54) is 19.3 Å². The minimum absolute atomic E-state index is 0.681. The van der Waals surface area contributed by atoms with Crippen molar-refractivity contribution in [2.45, 2.75) is 52.1 Å². The Morgan fingerprint density at radius 1 is 1.37 bits per heavy atom. The first-order chi connectivity index (χ1) is 9.22. The van der Waals surface area contributed by atoms with Crippen LogP contribution in [0.5, 0.6) is 0 Å². The highest BCUT2D eigenvalue weighted by Crippen LogP contribution is 2.33. The Labute approximate surface area is 117 Å². The summed E-state index contributed by atoms with van der Waals surface area (Å²) in [4.78, 5) is 2.59. The van der Waals surface area contributed by atoms with Gasteiger partial charge in [0, 0.05) is 12.6 Å². The van der Waals surface area contributed by atoms with Crippen LogP contribution in [0.2, 0.25) is 0 Å². The van der Waals surface area contributed by atoms with E-state index in [2.05, 4.69) is 24.8 Å². The number of nitrogens with two attached hydrogens (primary N) is 1. The Morgan fingerprint density at radius 3 is 2.89 bits per heavy atom. The molecule has 1 heterocycles. The fourth-order valence-electron chi connectivity index (χ4n) is 3.33. The minimum atomic E-state index is 0.681. The molecule has 1 aliphatic rings. The molecule has 19 heavy (non-hydrogen) atoms. The van der Waals surface area contributed by atoms with Crippen molar-refractivity contribution in [2.24, 2.45) is 17.6 Å². The smallest absolute Gasteiger partial charge is 0.117 e. The summed E-state index contributed by atoms with van der Waals surface area (Å²) in [5.41, 5.74) is 5.69. The van der Waals surface area contributed by atoms with Crippen LogP contribution in [0.4, 0.5) is 0 Å². The van der Waals surface area contributed by atoms with E-state index in [-0.39, 0.29) is 0 Å². The molecule has 3 nitrogen and oxygen atoms in total. The number of nitrogens with zero attached hydrogens (tertiary/aromatic N) is 1. The topological polar surface area (TPSA) is 42.4 Å². The lowest BCUT2D eigenvalue weighted by Gasteiger charge is -2.41. The number of rotatable bonds is 6. The van der Waals surface area contributed by atoms with Gasteiger partial charge in [-0.05, 0) is 43.4 Å². The zero-order chi connectivity index (χ0) is 13.7. The first kappa shape index (κ1) is 14.6. The molecule has 108 valence electrons. The number of hydrogen-bond donors (Lipinski definition) is 1. The summed E-state index contributed by atoms with van der Waals surface area (Å²) in [6.07, 6.45) is 6.88. The molecule has 0 aliphatic heterocycles. The molecule has 0 spiro atoms. The molecule has 0 bridgehead atoms. The molecule has 2 N–H and O–H groups in total. The third-order valence-electron chi connectivity index (χ3n) is 4.72. The van der Waals surface area contributed by atoms with Gasteiger partial charge in [0.2, 0.25) is 0 Å². The lowest BCUT2D eigenvalue weighted by atomic mass is 9.77. The standard InChI is InChI=1S/C16H28N2O/c1-13-6-3-8-16(14(13)2)18(10-5-9-17)12-15-7-4-11-19-15/h4,7,11,13-14,16H,3,5-6,8-10,12,17H2,1-2H3/t13-,14+,16+/m0/s1. The van der Waals surface area contributed by atoms with Gasteiger partial charge in [0.25, 0.3) is 0 Å². The van der Waals surface area contributed by atoms with Crippen molar-refractivity contribution in [3.05, 3.63) is 24.2 Å². The Hall–Kier alpha value is -0.800. The maximum Gasteiger partial charge on any atom is 0.117 e. The second kappa shape index (κ2) is 7.11. The van der Waals surface area contributed by atoms with Crippen molar-refractivity contribution >= 4 is 0 Å². The van der Waals surface area contributed by atoms with E-state index in [4.69, 9.17) is 10.2 Å². The molecule has 0 amide bonds. The van der Waals surface area contributed by atoms with Gasteiger partial charge in [-0.25, -0.2) is 0 Å². The van der Waals surface area contributed by atoms with Gasteiger partial charge >= 0.3 is 0 Å². The molecule has 1 saturated carbocycles. The lowest BCUT2D eigenvalue weighted by Crippen LogP contribution is -2.44. The van der Waals surface area contributed by atoms with Gasteiger partial charge in [-0.2, -0.15) is 0 Å². The van der Waals surface area contributed by atoms with Gasteiger partial charge in [0.05, 0.1) is 12.8 Å². The minimum Gasteiger partial charge on any atom is -0.468 e. The van der Waals surface area contributed by atoms with Crippen molar-refractivity contribution < 1.29 is 4.42 Å². The maximum atomic E-state index is 5.69. The van der Waals surface area contributed by atoms with Crippen molar-refractivity contribution in [3.8, 4) is 0 Å². The van der Waals surface area contributed by atoms with E-state index < -0.39 is 0 Å². The number of furan rings is 1. The van der Waals surface area contributed by atoms with Gasteiger partial charge in [0.15, 0.2) is 0 Å². The van der Waals surface area contributed by atoms with Crippen LogP contribution in [0.1, 0.15) is 45.3 Å². The van der Waals surface area contributed by atoms with Crippen LogP contribution in [-0.4, -0.2) is 24.0 Å². The van der Waals surface area contributed by atoms with E-state index in [1.807, 2.05) is 6.07 Å². The van der Waals surface area contributed by atoms with E-state index >= 15 is 0 Å². The van der Waals surface area contributed by atoms with E-state index in [0.717, 1.165) is 43.7 Å². The average molecular weight is 264 g/mol. The summed E-state index contributed by atoms with van der Waals surface area (Å²) >= 11 is 0. The summed E-state index contributed by atoms with van der Waals surface area (Å²) in [7, 11) is 0. The van der Waals surface area contributed by atoms with Gasteiger partial charge in [-0.15, -0.1) is 0 Å². The molecule has 3 atom stereocenters. The average Bonchev–Trinajstić information content (AvgIpc) is 2.91. The van der Waals surface area contributed by atoms with Crippen molar-refractivity contribution in [2.75, 3.05) is 13.1 Å². The van der Waals surface area contributed by atoms with Gasteiger partial charge < -0.3 is 10.2 Å². The summed E-state index contributed by atoms with van der Waals surface area (Å²) in [5.74, 6) is 2.67. The summed E-state index contributed by atoms with van der Waals surface area (Å²) in [5, 5.41) is 0. The molecular formula is C16H28N2O. The SMILES string of the molecule is C[C@H]1[C@H](N(CCCN)Cc2ccco2)CCC[C@@H]1C. The van der Waals surface area contributed by atoms with Crippen molar-refractivity contribution in [1.29, 1.82) is 0 Å². The van der Waals surface area contributed by atoms with E-state index in [0.29, 0.717) is 6.04 Å². The largest absolute Gasteiger partial charge is 0.468 e. The highest BCUT2D eigenvalue weighted by molar-refractivity contribution is 4.99. The maximum absolute atomic E-state index is 5.69. The molecule has 1 aromatic heterocycles. The van der Waals surface area contributed by atoms with Gasteiger partial charge in [-0.3, -0.25) is 4.90 Å². The summed E-state index contributed by atoms with van der Waals surface area (Å²) < 4.78 is 5.52. The van der Waals surface area contributed by atoms with Crippen LogP contribution in [-0.2, 0) is 6.54 Å². The summed E-state index contributed by atoms with van der Waals surface area (Å²) in [6, 6.07) is 4.73. The third-order valence-corrected chi connectivity index (χ3v) is 4.72. The molecule has 0 saturated heterocycles. The first-order valence-corrected chi connectivity index (χ1v) is 7.69. The van der Waals surface area contributed by atoms with Crippen LogP contribution >= 0.6 is 0 Å². The molecule has 1 fully saturated rings. The van der Waals surface area contributed by atoms with Crippen LogP contribution in [0, 0.1) is 11.8 Å². The van der Waals surface area contributed by atoms with Crippen molar-refractivity contribution in [1.82, 2.24) is 4.90 Å². The molecule has 0 unspecified atom stereocenters. The number of hydrogen-bond acceptors (Lipinski definition) is 3. The van der Waals surface area contributed by atoms with Crippen LogP contribution in [0.15, 0.2) is 22.8 Å². The highest BCUT2D eigenvalue weighted by atomic mass is 16.3. The monoisotopic (exact) mass is 264 g/mol. The highest BCUT2D eigenvalue weighted by Gasteiger charge is 2.31. The predicted octanol–water partition coefficient (Wildman–Crippen LogP) is 3.26. The Balaban J connectivity index is 2.02. The lowest BCUT2D eigenvalue weighted by molar-refractivity contribution is 0.0690. The van der Waals surface area contributed by atoms with Gasteiger partial charge in [0.1, 0.15) is 5.76 Å². The third kappa shape index (κ3) is 3.83. The fraction of sp³-hybridized carbons (Fsp3) is 0.750. The Morgan fingerprint density at radius 2 is 2.21 bits per heavy atom. The van der Waals surface area contributed by atoms with Crippen LogP contribution in [0.25, 0.3) is 0 Å². The Kier molecular flexibility index (Phi) is 5.46. The molecule has 2 rings (SSSR count). The van der Waals surface area contributed by atoms with E-state index in [1.54, 1.807) is 6.26 Å². The predicted molar refractivity (Wildman–Crippen MR) is 78.8 cm³/mol. The van der Waals surface area contributed by atoms with Crippen LogP contribution < -0.4 is 5.73 Å². The zero-order valence-corrected chi connectivity index (χ0v) is 12.3. The normalized spacial score (nSPS) is 27.9. The van der Waals surface area contributed by atoms with Gasteiger partial charge in [-0.1, -0.05) is 26.7 Å². The fourth-order valence-corrected chi connectivity index (χ4v) is 3.33. The molecule has 1 aliphatic carbocycles.